The van der Waals surface area contributed by atoms with Crippen LogP contribution in [0.5, 0.6) is 0 Å². The van der Waals surface area contributed by atoms with Gasteiger partial charge in [0.05, 0.1) is 10.6 Å². The summed E-state index contributed by atoms with van der Waals surface area (Å²) >= 11 is 0. The second-order valence-electron chi connectivity index (χ2n) is 4.54. The SMILES string of the molecule is CCCCC(C)Nc1ccc([N+](=O)[O-])c2nonc12. The molecule has 0 radical (unpaired) electrons. The van der Waals surface area contributed by atoms with E-state index in [1.807, 2.05) is 0 Å². The maximum absolute atomic E-state index is 10.9. The predicted octanol–water partition coefficient (Wildman–Crippen LogP) is 3.12. The average Bonchev–Trinajstić information content (AvgIpc) is 2.85. The molecule has 1 aromatic carbocycles. The first-order valence-corrected chi connectivity index (χ1v) is 6.29. The third-order valence-electron chi connectivity index (χ3n) is 2.98. The van der Waals surface area contributed by atoms with Crippen LogP contribution in [0.15, 0.2) is 16.8 Å². The van der Waals surface area contributed by atoms with E-state index in [1.54, 1.807) is 6.07 Å². The van der Waals surface area contributed by atoms with Gasteiger partial charge in [0.15, 0.2) is 5.52 Å². The van der Waals surface area contributed by atoms with E-state index in [-0.39, 0.29) is 17.2 Å². The topological polar surface area (TPSA) is 94.1 Å². The Hall–Kier alpha value is -2.18. The van der Waals surface area contributed by atoms with Crippen molar-refractivity contribution in [3.63, 3.8) is 0 Å². The third kappa shape index (κ3) is 2.81. The van der Waals surface area contributed by atoms with Crippen molar-refractivity contribution in [1.82, 2.24) is 10.3 Å². The number of unbranched alkanes of at least 4 members (excludes halogenated alkanes) is 1. The first-order valence-electron chi connectivity index (χ1n) is 6.29. The summed E-state index contributed by atoms with van der Waals surface area (Å²) in [5, 5.41) is 21.5. The molecule has 0 bridgehead atoms. The van der Waals surface area contributed by atoms with Crippen LogP contribution in [0.1, 0.15) is 33.1 Å². The van der Waals surface area contributed by atoms with Gasteiger partial charge in [-0.05, 0) is 29.7 Å². The van der Waals surface area contributed by atoms with Crippen molar-refractivity contribution < 1.29 is 9.55 Å². The molecule has 1 aromatic heterocycles. The van der Waals surface area contributed by atoms with Crippen LogP contribution in [0.25, 0.3) is 11.0 Å². The van der Waals surface area contributed by atoms with Crippen molar-refractivity contribution in [1.29, 1.82) is 0 Å². The number of nitro benzene ring substituents is 1. The number of hydrogen-bond donors (Lipinski definition) is 1. The van der Waals surface area contributed by atoms with Crippen LogP contribution in [0.3, 0.4) is 0 Å². The molecule has 1 N–H and O–H groups in total. The normalized spacial score (nSPS) is 12.5. The second-order valence-corrected chi connectivity index (χ2v) is 4.54. The number of fused-ring (bicyclic) bond motifs is 1. The lowest BCUT2D eigenvalue weighted by Gasteiger charge is -2.14. The Kier molecular flexibility index (Phi) is 3.94. The van der Waals surface area contributed by atoms with Gasteiger partial charge in [-0.15, -0.1) is 0 Å². The van der Waals surface area contributed by atoms with E-state index in [0.717, 1.165) is 19.3 Å². The van der Waals surface area contributed by atoms with Crippen molar-refractivity contribution in [3.05, 3.63) is 22.2 Å². The summed E-state index contributed by atoms with van der Waals surface area (Å²) in [7, 11) is 0. The predicted molar refractivity (Wildman–Crippen MR) is 71.1 cm³/mol. The standard InChI is InChI=1S/C12H16N4O3/c1-3-4-5-8(2)13-9-6-7-10(16(17)18)12-11(9)14-19-15-12/h6-8,13H,3-5H2,1-2H3. The monoisotopic (exact) mass is 264 g/mol. The highest BCUT2D eigenvalue weighted by molar-refractivity contribution is 5.93. The number of non-ortho nitro benzene ring substituents is 1. The lowest BCUT2D eigenvalue weighted by Crippen LogP contribution is -2.15. The van der Waals surface area contributed by atoms with E-state index in [4.69, 9.17) is 0 Å². The van der Waals surface area contributed by atoms with Gasteiger partial charge in [-0.3, -0.25) is 10.1 Å². The fraction of sp³-hybridized carbons (Fsp3) is 0.500. The molecule has 0 aliphatic heterocycles. The first kappa shape index (κ1) is 13.3. The van der Waals surface area contributed by atoms with Gasteiger partial charge in [-0.25, -0.2) is 4.63 Å². The highest BCUT2D eigenvalue weighted by Gasteiger charge is 2.20. The largest absolute Gasteiger partial charge is 0.381 e. The zero-order valence-electron chi connectivity index (χ0n) is 10.9. The van der Waals surface area contributed by atoms with E-state index >= 15 is 0 Å². The molecule has 7 heteroatoms. The van der Waals surface area contributed by atoms with Crippen LogP contribution >= 0.6 is 0 Å². The van der Waals surface area contributed by atoms with Crippen LogP contribution in [-0.4, -0.2) is 21.3 Å². The molecule has 1 heterocycles. The van der Waals surface area contributed by atoms with Crippen molar-refractivity contribution in [2.45, 2.75) is 39.2 Å². The minimum absolute atomic E-state index is 0.0944. The number of nitrogens with one attached hydrogen (secondary N) is 1. The Balaban J connectivity index is 2.27. The maximum Gasteiger partial charge on any atom is 0.300 e. The molecule has 19 heavy (non-hydrogen) atoms. The van der Waals surface area contributed by atoms with Crippen molar-refractivity contribution in [3.8, 4) is 0 Å². The lowest BCUT2D eigenvalue weighted by atomic mass is 10.1. The van der Waals surface area contributed by atoms with Crippen LogP contribution in [-0.2, 0) is 0 Å². The molecule has 0 saturated carbocycles. The molecule has 2 rings (SSSR count). The van der Waals surface area contributed by atoms with Crippen molar-refractivity contribution >= 4 is 22.4 Å². The Labute approximate surface area is 110 Å². The Morgan fingerprint density at radius 3 is 2.84 bits per heavy atom. The van der Waals surface area contributed by atoms with E-state index in [1.165, 1.54) is 6.07 Å². The van der Waals surface area contributed by atoms with E-state index in [9.17, 15) is 10.1 Å². The number of aromatic nitrogens is 2. The van der Waals surface area contributed by atoms with Crippen LogP contribution in [0.4, 0.5) is 11.4 Å². The lowest BCUT2D eigenvalue weighted by molar-refractivity contribution is -0.383. The molecule has 0 spiro atoms. The van der Waals surface area contributed by atoms with E-state index in [0.29, 0.717) is 11.2 Å². The van der Waals surface area contributed by atoms with Gasteiger partial charge in [-0.2, -0.15) is 0 Å². The van der Waals surface area contributed by atoms with Gasteiger partial charge < -0.3 is 5.32 Å². The molecule has 0 saturated heterocycles. The van der Waals surface area contributed by atoms with Gasteiger partial charge in [0.25, 0.3) is 0 Å². The second kappa shape index (κ2) is 5.64. The average molecular weight is 264 g/mol. The third-order valence-corrected chi connectivity index (χ3v) is 2.98. The van der Waals surface area contributed by atoms with Gasteiger partial charge >= 0.3 is 5.69 Å². The first-order chi connectivity index (χ1) is 9.13. The molecule has 1 atom stereocenters. The number of nitrogens with zero attached hydrogens (tertiary/aromatic N) is 3. The van der Waals surface area contributed by atoms with Gasteiger partial charge in [-0.1, -0.05) is 19.8 Å². The number of anilines is 1. The molecule has 7 nitrogen and oxygen atoms in total. The van der Waals surface area contributed by atoms with Crippen molar-refractivity contribution in [2.24, 2.45) is 0 Å². The highest BCUT2D eigenvalue weighted by Crippen LogP contribution is 2.29. The molecular weight excluding hydrogens is 248 g/mol. The number of benzene rings is 1. The molecule has 102 valence electrons. The Morgan fingerprint density at radius 2 is 2.16 bits per heavy atom. The molecule has 1 unspecified atom stereocenters. The minimum atomic E-state index is -0.489. The zero-order valence-corrected chi connectivity index (χ0v) is 10.9. The zero-order chi connectivity index (χ0) is 13.8. The number of hydrogen-bond acceptors (Lipinski definition) is 6. The van der Waals surface area contributed by atoms with Gasteiger partial charge in [0.1, 0.15) is 0 Å². The smallest absolute Gasteiger partial charge is 0.300 e. The van der Waals surface area contributed by atoms with Crippen LogP contribution < -0.4 is 5.32 Å². The molecule has 0 amide bonds. The summed E-state index contributed by atoms with van der Waals surface area (Å²) in [6.45, 7) is 4.20. The van der Waals surface area contributed by atoms with Gasteiger partial charge in [0, 0.05) is 12.1 Å². The summed E-state index contributed by atoms with van der Waals surface area (Å²) in [4.78, 5) is 10.4. The molecule has 0 aliphatic rings. The number of nitro groups is 1. The molecule has 2 aromatic rings. The summed E-state index contributed by atoms with van der Waals surface area (Å²) in [6.07, 6.45) is 3.29. The quantitative estimate of drug-likeness (QED) is 0.636. The molecular formula is C12H16N4O3. The summed E-state index contributed by atoms with van der Waals surface area (Å²) in [5.41, 5.74) is 1.20. The fourth-order valence-electron chi connectivity index (χ4n) is 1.97. The van der Waals surface area contributed by atoms with Crippen molar-refractivity contribution in [2.75, 3.05) is 5.32 Å². The Bertz CT molecular complexity index is 581. The Morgan fingerprint density at radius 1 is 1.42 bits per heavy atom. The molecule has 0 fully saturated rings. The summed E-state index contributed by atoms with van der Waals surface area (Å²) in [5.74, 6) is 0. The fourth-order valence-corrected chi connectivity index (χ4v) is 1.97. The van der Waals surface area contributed by atoms with E-state index < -0.39 is 4.92 Å². The van der Waals surface area contributed by atoms with Gasteiger partial charge in [0.2, 0.25) is 5.52 Å². The van der Waals surface area contributed by atoms with Crippen LogP contribution in [0.2, 0.25) is 0 Å². The summed E-state index contributed by atoms with van der Waals surface area (Å²) < 4.78 is 4.61. The number of rotatable bonds is 6. The molecule has 0 aliphatic carbocycles. The minimum Gasteiger partial charge on any atom is -0.381 e. The highest BCUT2D eigenvalue weighted by atomic mass is 16.6. The summed E-state index contributed by atoms with van der Waals surface area (Å²) in [6, 6.07) is 3.33. The van der Waals surface area contributed by atoms with Crippen LogP contribution in [0, 0.1) is 10.1 Å². The maximum atomic E-state index is 10.9. The van der Waals surface area contributed by atoms with E-state index in [2.05, 4.69) is 34.1 Å².